The topological polar surface area (TPSA) is 67.6 Å². The molecule has 0 bridgehead atoms. The van der Waals surface area contributed by atoms with Gasteiger partial charge in [-0.2, -0.15) is 0 Å². The first-order valence-corrected chi connectivity index (χ1v) is 6.47. The predicted molar refractivity (Wildman–Crippen MR) is 89.8 cm³/mol. The van der Waals surface area contributed by atoms with E-state index in [1.54, 1.807) is 0 Å². The van der Waals surface area contributed by atoms with Gasteiger partial charge >= 0.3 is 0 Å². The molecule has 0 spiro atoms. The maximum atomic E-state index is 11.8. The van der Waals surface area contributed by atoms with Gasteiger partial charge in [0.05, 0.1) is 5.54 Å². The molecule has 1 fully saturated rings. The van der Waals surface area contributed by atoms with Crippen LogP contribution >= 0.6 is 24.8 Å². The highest BCUT2D eigenvalue weighted by Gasteiger charge is 2.45. The molecule has 1 amide bonds. The van der Waals surface area contributed by atoms with E-state index in [0.717, 1.165) is 30.8 Å². The van der Waals surface area contributed by atoms with E-state index in [1.807, 2.05) is 38.4 Å². The maximum Gasteiger partial charge on any atom is 0.244 e. The lowest BCUT2D eigenvalue weighted by molar-refractivity contribution is -0.118. The Labute approximate surface area is 138 Å². The van der Waals surface area contributed by atoms with E-state index in [1.165, 1.54) is 0 Å². The molecular weight excluding hydrogens is 313 g/mol. The quantitative estimate of drug-likeness (QED) is 0.833. The van der Waals surface area contributed by atoms with Gasteiger partial charge in [0.25, 0.3) is 0 Å². The van der Waals surface area contributed by atoms with Crippen molar-refractivity contribution in [2.75, 3.05) is 32.6 Å². The van der Waals surface area contributed by atoms with Crippen molar-refractivity contribution in [3.8, 4) is 5.75 Å². The Morgan fingerprint density at radius 3 is 2.33 bits per heavy atom. The van der Waals surface area contributed by atoms with Crippen LogP contribution in [-0.4, -0.2) is 43.6 Å². The van der Waals surface area contributed by atoms with Gasteiger partial charge in [0.1, 0.15) is 12.4 Å². The number of rotatable bonds is 6. The molecule has 0 aromatic heterocycles. The van der Waals surface area contributed by atoms with Gasteiger partial charge in [-0.1, -0.05) is 0 Å². The van der Waals surface area contributed by atoms with Gasteiger partial charge < -0.3 is 20.7 Å². The Bertz CT molecular complexity index is 448. The first kappa shape index (κ1) is 20.0. The number of likely N-dealkylation sites (N-methyl/N-ethyl adjacent to an activating group) is 1. The third-order valence-electron chi connectivity index (χ3n) is 3.16. The SMILES string of the molecule is CN(C)CCOc1ccc(NC(=O)C2(N)CC2)cc1.Cl.Cl. The van der Waals surface area contributed by atoms with Crippen molar-refractivity contribution in [3.63, 3.8) is 0 Å². The number of benzene rings is 1. The van der Waals surface area contributed by atoms with E-state index in [4.69, 9.17) is 10.5 Å². The molecule has 1 saturated carbocycles. The zero-order chi connectivity index (χ0) is 13.9. The van der Waals surface area contributed by atoms with Crippen LogP contribution in [0.1, 0.15) is 12.8 Å². The Hall–Kier alpha value is -1.01. The molecule has 1 aliphatic rings. The van der Waals surface area contributed by atoms with Crippen molar-refractivity contribution in [3.05, 3.63) is 24.3 Å². The number of nitrogens with zero attached hydrogens (tertiary/aromatic N) is 1. The fourth-order valence-corrected chi connectivity index (χ4v) is 1.60. The molecule has 0 heterocycles. The normalized spacial score (nSPS) is 14.7. The fourth-order valence-electron chi connectivity index (χ4n) is 1.60. The summed E-state index contributed by atoms with van der Waals surface area (Å²) in [5.41, 5.74) is 5.93. The summed E-state index contributed by atoms with van der Waals surface area (Å²) in [5.74, 6) is 0.697. The number of nitrogens with one attached hydrogen (secondary N) is 1. The molecule has 21 heavy (non-hydrogen) atoms. The molecule has 3 N–H and O–H groups in total. The number of amides is 1. The fraction of sp³-hybridized carbons (Fsp3) is 0.500. The molecule has 7 heteroatoms. The summed E-state index contributed by atoms with van der Waals surface area (Å²) in [6.07, 6.45) is 1.54. The standard InChI is InChI=1S/C14H21N3O2.2ClH/c1-17(2)9-10-19-12-5-3-11(4-6-12)16-13(18)14(15)7-8-14;;/h3-6H,7-10,15H2,1-2H3,(H,16,18);2*1H. The van der Waals surface area contributed by atoms with Crippen LogP contribution in [-0.2, 0) is 4.79 Å². The van der Waals surface area contributed by atoms with Gasteiger partial charge in [0, 0.05) is 12.2 Å². The molecule has 0 radical (unpaired) electrons. The number of hydrogen-bond donors (Lipinski definition) is 2. The first-order valence-electron chi connectivity index (χ1n) is 6.47. The lowest BCUT2D eigenvalue weighted by Gasteiger charge is -2.12. The number of hydrogen-bond acceptors (Lipinski definition) is 4. The molecular formula is C14H23Cl2N3O2. The second-order valence-electron chi connectivity index (χ2n) is 5.29. The van der Waals surface area contributed by atoms with Gasteiger partial charge in [-0.25, -0.2) is 0 Å². The molecule has 1 aromatic rings. The summed E-state index contributed by atoms with van der Waals surface area (Å²) in [6, 6.07) is 7.35. The van der Waals surface area contributed by atoms with Crippen molar-refractivity contribution < 1.29 is 9.53 Å². The average molecular weight is 336 g/mol. The van der Waals surface area contributed by atoms with Crippen LogP contribution in [0.3, 0.4) is 0 Å². The highest BCUT2D eigenvalue weighted by molar-refractivity contribution is 6.00. The minimum absolute atomic E-state index is 0. The van der Waals surface area contributed by atoms with E-state index in [2.05, 4.69) is 10.2 Å². The van der Waals surface area contributed by atoms with Gasteiger partial charge in [0.15, 0.2) is 0 Å². The summed E-state index contributed by atoms with van der Waals surface area (Å²) in [7, 11) is 4.01. The monoisotopic (exact) mass is 335 g/mol. The van der Waals surface area contributed by atoms with Crippen molar-refractivity contribution in [2.24, 2.45) is 5.73 Å². The van der Waals surface area contributed by atoms with Crippen molar-refractivity contribution in [1.82, 2.24) is 4.90 Å². The number of carbonyl (C=O) groups is 1. The van der Waals surface area contributed by atoms with Gasteiger partial charge in [-0.3, -0.25) is 4.79 Å². The molecule has 1 aliphatic carbocycles. The van der Waals surface area contributed by atoms with Crippen LogP contribution in [0.5, 0.6) is 5.75 Å². The predicted octanol–water partition coefficient (Wildman–Crippen LogP) is 1.90. The van der Waals surface area contributed by atoms with E-state index >= 15 is 0 Å². The Morgan fingerprint density at radius 1 is 1.29 bits per heavy atom. The summed E-state index contributed by atoms with van der Waals surface area (Å²) in [4.78, 5) is 13.8. The number of ether oxygens (including phenoxy) is 1. The van der Waals surface area contributed by atoms with Crippen LogP contribution in [0.15, 0.2) is 24.3 Å². The average Bonchev–Trinajstić information content (AvgIpc) is 3.10. The highest BCUT2D eigenvalue weighted by Crippen LogP contribution is 2.33. The molecule has 0 aliphatic heterocycles. The molecule has 120 valence electrons. The van der Waals surface area contributed by atoms with Crippen LogP contribution in [0.25, 0.3) is 0 Å². The van der Waals surface area contributed by atoms with Crippen molar-refractivity contribution >= 4 is 36.4 Å². The van der Waals surface area contributed by atoms with Crippen molar-refractivity contribution in [2.45, 2.75) is 18.4 Å². The Balaban J connectivity index is 0.00000200. The van der Waals surface area contributed by atoms with Crippen LogP contribution in [0.2, 0.25) is 0 Å². The van der Waals surface area contributed by atoms with E-state index in [9.17, 15) is 4.79 Å². The second kappa shape index (κ2) is 8.44. The number of halogens is 2. The first-order chi connectivity index (χ1) is 8.99. The zero-order valence-corrected chi connectivity index (χ0v) is 13.9. The van der Waals surface area contributed by atoms with Crippen LogP contribution in [0, 0.1) is 0 Å². The van der Waals surface area contributed by atoms with Crippen molar-refractivity contribution in [1.29, 1.82) is 0 Å². The minimum Gasteiger partial charge on any atom is -0.492 e. The molecule has 1 aromatic carbocycles. The maximum absolute atomic E-state index is 11.8. The molecule has 0 saturated heterocycles. The molecule has 0 unspecified atom stereocenters. The zero-order valence-electron chi connectivity index (χ0n) is 12.3. The van der Waals surface area contributed by atoms with Gasteiger partial charge in [-0.15, -0.1) is 24.8 Å². The van der Waals surface area contributed by atoms with Gasteiger partial charge in [-0.05, 0) is 51.2 Å². The smallest absolute Gasteiger partial charge is 0.244 e. The lowest BCUT2D eigenvalue weighted by Crippen LogP contribution is -2.37. The third-order valence-corrected chi connectivity index (χ3v) is 3.16. The lowest BCUT2D eigenvalue weighted by atomic mass is 10.2. The summed E-state index contributed by atoms with van der Waals surface area (Å²) < 4.78 is 5.58. The summed E-state index contributed by atoms with van der Waals surface area (Å²) in [5, 5.41) is 2.82. The third kappa shape index (κ3) is 6.09. The van der Waals surface area contributed by atoms with E-state index in [-0.39, 0.29) is 30.7 Å². The van der Waals surface area contributed by atoms with Crippen LogP contribution in [0.4, 0.5) is 5.69 Å². The largest absolute Gasteiger partial charge is 0.492 e. The van der Waals surface area contributed by atoms with Gasteiger partial charge in [0.2, 0.25) is 5.91 Å². The summed E-state index contributed by atoms with van der Waals surface area (Å²) in [6.45, 7) is 1.51. The van der Waals surface area contributed by atoms with Crippen LogP contribution < -0.4 is 15.8 Å². The van der Waals surface area contributed by atoms with E-state index in [0.29, 0.717) is 6.61 Å². The summed E-state index contributed by atoms with van der Waals surface area (Å²) >= 11 is 0. The Kier molecular flexibility index (Phi) is 8.03. The molecule has 5 nitrogen and oxygen atoms in total. The van der Waals surface area contributed by atoms with E-state index < -0.39 is 5.54 Å². The second-order valence-corrected chi connectivity index (χ2v) is 5.29. The molecule has 2 rings (SSSR count). The number of anilines is 1. The Morgan fingerprint density at radius 2 is 1.86 bits per heavy atom. The number of nitrogens with two attached hydrogens (primary N) is 1. The minimum atomic E-state index is -0.638. The highest BCUT2D eigenvalue weighted by atomic mass is 35.5. The molecule has 0 atom stereocenters. The number of carbonyl (C=O) groups excluding carboxylic acids is 1.